The lowest BCUT2D eigenvalue weighted by Crippen LogP contribution is -2.38. The molecule has 21 heavy (non-hydrogen) atoms. The Labute approximate surface area is 129 Å². The number of rotatable bonds is 5. The number of hydrogen-bond donors (Lipinski definition) is 2. The minimum absolute atomic E-state index is 0.648. The zero-order valence-corrected chi connectivity index (χ0v) is 13.4. The van der Waals surface area contributed by atoms with E-state index in [4.69, 9.17) is 0 Å². The number of benzene rings is 1. The van der Waals surface area contributed by atoms with E-state index in [1.54, 1.807) is 0 Å². The van der Waals surface area contributed by atoms with Crippen LogP contribution in [-0.2, 0) is 6.54 Å². The molecular weight excluding hydrogens is 258 g/mol. The van der Waals surface area contributed by atoms with Crippen LogP contribution in [0.15, 0.2) is 24.3 Å². The lowest BCUT2D eigenvalue weighted by molar-refractivity contribution is 0.376. The summed E-state index contributed by atoms with van der Waals surface area (Å²) in [5.41, 5.74) is 2.68. The second-order valence-electron chi connectivity index (χ2n) is 6.99. The number of hydrogen-bond acceptors (Lipinski definition) is 3. The first-order valence-corrected chi connectivity index (χ1v) is 8.46. The van der Waals surface area contributed by atoms with Gasteiger partial charge in [-0.25, -0.2) is 0 Å². The topological polar surface area (TPSA) is 27.3 Å². The van der Waals surface area contributed by atoms with Crippen molar-refractivity contribution in [1.29, 1.82) is 0 Å². The van der Waals surface area contributed by atoms with Crippen molar-refractivity contribution in [2.45, 2.75) is 50.7 Å². The van der Waals surface area contributed by atoms with Gasteiger partial charge in [-0.05, 0) is 69.9 Å². The second kappa shape index (κ2) is 6.80. The zero-order valence-electron chi connectivity index (χ0n) is 13.4. The average molecular weight is 287 g/mol. The predicted octanol–water partition coefficient (Wildman–Crippen LogP) is 3.08. The normalized spacial score (nSPS) is 29.2. The van der Waals surface area contributed by atoms with Crippen molar-refractivity contribution in [3.8, 4) is 0 Å². The summed E-state index contributed by atoms with van der Waals surface area (Å²) in [4.78, 5) is 2.22. The highest BCUT2D eigenvalue weighted by molar-refractivity contribution is 5.47. The third-order valence-corrected chi connectivity index (χ3v) is 4.96. The van der Waals surface area contributed by atoms with Crippen LogP contribution in [0.5, 0.6) is 0 Å². The Hall–Kier alpha value is -1.06. The largest absolute Gasteiger partial charge is 0.382 e. The van der Waals surface area contributed by atoms with Gasteiger partial charge in [-0.3, -0.25) is 0 Å². The van der Waals surface area contributed by atoms with Crippen LogP contribution in [0.1, 0.15) is 37.7 Å². The van der Waals surface area contributed by atoms with E-state index in [1.165, 1.54) is 49.9 Å². The summed E-state index contributed by atoms with van der Waals surface area (Å²) in [6.07, 6.45) is 6.79. The molecule has 3 nitrogen and oxygen atoms in total. The summed E-state index contributed by atoms with van der Waals surface area (Å²) in [5, 5.41) is 7.53. The van der Waals surface area contributed by atoms with Gasteiger partial charge in [-0.1, -0.05) is 18.6 Å². The van der Waals surface area contributed by atoms with Crippen molar-refractivity contribution < 1.29 is 0 Å². The molecule has 3 atom stereocenters. The third-order valence-electron chi connectivity index (χ3n) is 4.96. The third kappa shape index (κ3) is 3.78. The van der Waals surface area contributed by atoms with E-state index in [0.717, 1.165) is 18.5 Å². The lowest BCUT2D eigenvalue weighted by atomic mass is 9.93. The summed E-state index contributed by atoms with van der Waals surface area (Å²) in [5.74, 6) is 0.810. The van der Waals surface area contributed by atoms with Gasteiger partial charge >= 0.3 is 0 Å². The van der Waals surface area contributed by atoms with Crippen LogP contribution in [0, 0.1) is 5.92 Å². The van der Waals surface area contributed by atoms with E-state index in [1.807, 2.05) is 0 Å². The van der Waals surface area contributed by atoms with Crippen LogP contribution in [-0.4, -0.2) is 37.6 Å². The molecule has 1 aromatic rings. The van der Waals surface area contributed by atoms with E-state index in [0.29, 0.717) is 6.04 Å². The quantitative estimate of drug-likeness (QED) is 0.871. The molecule has 1 aliphatic carbocycles. The molecule has 3 heteroatoms. The van der Waals surface area contributed by atoms with Crippen LogP contribution < -0.4 is 10.6 Å². The van der Waals surface area contributed by atoms with Gasteiger partial charge in [0.1, 0.15) is 0 Å². The first-order chi connectivity index (χ1) is 10.2. The van der Waals surface area contributed by atoms with Crippen molar-refractivity contribution in [3.63, 3.8) is 0 Å². The Morgan fingerprint density at radius 2 is 2.10 bits per heavy atom. The summed E-state index contributed by atoms with van der Waals surface area (Å²) in [6.45, 7) is 2.22. The number of nitrogens with one attached hydrogen (secondary N) is 2. The molecule has 1 saturated carbocycles. The first-order valence-electron chi connectivity index (χ1n) is 8.46. The molecule has 116 valence electrons. The molecule has 2 aliphatic rings. The minimum atomic E-state index is 0.648. The molecule has 2 N–H and O–H groups in total. The van der Waals surface area contributed by atoms with Crippen LogP contribution in [0.3, 0.4) is 0 Å². The molecule has 0 radical (unpaired) electrons. The van der Waals surface area contributed by atoms with Gasteiger partial charge in [0.15, 0.2) is 0 Å². The molecule has 0 amide bonds. The van der Waals surface area contributed by atoms with E-state index in [9.17, 15) is 0 Å². The Balaban J connectivity index is 1.64. The summed E-state index contributed by atoms with van der Waals surface area (Å²) in [7, 11) is 4.25. The van der Waals surface area contributed by atoms with E-state index in [-0.39, 0.29) is 0 Å². The molecule has 1 heterocycles. The first kappa shape index (κ1) is 14.9. The Morgan fingerprint density at radius 3 is 2.86 bits per heavy atom. The summed E-state index contributed by atoms with van der Waals surface area (Å²) >= 11 is 0. The van der Waals surface area contributed by atoms with E-state index >= 15 is 0 Å². The monoisotopic (exact) mass is 287 g/mol. The standard InChI is InChI=1S/C18H29N3/c1-21(2)13-14-6-3-7-15(12-14)20-18-9-4-8-16(18)17-10-5-11-19-17/h3,6-7,12,16-20H,4-5,8-11,13H2,1-2H3. The zero-order chi connectivity index (χ0) is 14.7. The maximum Gasteiger partial charge on any atom is 0.0345 e. The average Bonchev–Trinajstić information content (AvgIpc) is 3.08. The van der Waals surface area contributed by atoms with Gasteiger partial charge in [0.2, 0.25) is 0 Å². The highest BCUT2D eigenvalue weighted by atomic mass is 15.0. The molecule has 3 unspecified atom stereocenters. The molecule has 0 bridgehead atoms. The van der Waals surface area contributed by atoms with E-state index < -0.39 is 0 Å². The Bertz CT molecular complexity index is 452. The summed E-state index contributed by atoms with van der Waals surface area (Å²) in [6, 6.07) is 10.3. The maximum absolute atomic E-state index is 3.82. The van der Waals surface area contributed by atoms with Crippen LogP contribution >= 0.6 is 0 Å². The molecule has 0 spiro atoms. The highest BCUT2D eigenvalue weighted by Gasteiger charge is 2.34. The van der Waals surface area contributed by atoms with Gasteiger partial charge in [0.05, 0.1) is 0 Å². The van der Waals surface area contributed by atoms with Gasteiger partial charge in [0, 0.05) is 24.3 Å². The van der Waals surface area contributed by atoms with Crippen molar-refractivity contribution in [1.82, 2.24) is 10.2 Å². The van der Waals surface area contributed by atoms with Gasteiger partial charge < -0.3 is 15.5 Å². The Kier molecular flexibility index (Phi) is 4.81. The van der Waals surface area contributed by atoms with Gasteiger partial charge in [-0.2, -0.15) is 0 Å². The fraction of sp³-hybridized carbons (Fsp3) is 0.667. The Morgan fingerprint density at radius 1 is 1.19 bits per heavy atom. The molecule has 3 rings (SSSR count). The molecule has 2 fully saturated rings. The highest BCUT2D eigenvalue weighted by Crippen LogP contribution is 2.34. The molecule has 1 aliphatic heterocycles. The van der Waals surface area contributed by atoms with Gasteiger partial charge in [0.25, 0.3) is 0 Å². The lowest BCUT2D eigenvalue weighted by Gasteiger charge is -2.27. The van der Waals surface area contributed by atoms with Gasteiger partial charge in [-0.15, -0.1) is 0 Å². The SMILES string of the molecule is CN(C)Cc1cccc(NC2CCCC2C2CCCN2)c1. The van der Waals surface area contributed by atoms with Crippen LogP contribution in [0.2, 0.25) is 0 Å². The number of anilines is 1. The maximum atomic E-state index is 3.82. The molecule has 0 aromatic heterocycles. The summed E-state index contributed by atoms with van der Waals surface area (Å²) < 4.78 is 0. The second-order valence-corrected chi connectivity index (χ2v) is 6.99. The fourth-order valence-electron chi connectivity index (χ4n) is 4.07. The van der Waals surface area contributed by atoms with E-state index in [2.05, 4.69) is 53.9 Å². The molecular formula is C18H29N3. The van der Waals surface area contributed by atoms with Crippen molar-refractivity contribution in [2.24, 2.45) is 5.92 Å². The number of nitrogens with zero attached hydrogens (tertiary/aromatic N) is 1. The van der Waals surface area contributed by atoms with Crippen LogP contribution in [0.4, 0.5) is 5.69 Å². The fourth-order valence-corrected chi connectivity index (χ4v) is 4.07. The van der Waals surface area contributed by atoms with Crippen LogP contribution in [0.25, 0.3) is 0 Å². The van der Waals surface area contributed by atoms with Crippen molar-refractivity contribution >= 4 is 5.69 Å². The molecule has 1 saturated heterocycles. The van der Waals surface area contributed by atoms with Crippen molar-refractivity contribution in [2.75, 3.05) is 26.0 Å². The van der Waals surface area contributed by atoms with Crippen molar-refractivity contribution in [3.05, 3.63) is 29.8 Å². The minimum Gasteiger partial charge on any atom is -0.382 e. The molecule has 1 aromatic carbocycles. The predicted molar refractivity (Wildman–Crippen MR) is 89.6 cm³/mol. The smallest absolute Gasteiger partial charge is 0.0345 e.